The number of carbonyl (C=O) groups is 1. The summed E-state index contributed by atoms with van der Waals surface area (Å²) in [6.45, 7) is 3.73. The number of carbonyl (C=O) groups excluding carboxylic acids is 1. The van der Waals surface area contributed by atoms with Gasteiger partial charge in [-0.3, -0.25) is 4.79 Å². The van der Waals surface area contributed by atoms with E-state index in [-0.39, 0.29) is 11.2 Å². The number of nitrogens with zero attached hydrogens (tertiary/aromatic N) is 3. The number of aromatic nitrogens is 3. The van der Waals surface area contributed by atoms with Gasteiger partial charge in [-0.1, -0.05) is 30.3 Å². The first-order chi connectivity index (χ1) is 10.0. The second-order valence-electron chi connectivity index (χ2n) is 4.38. The molecule has 0 bridgehead atoms. The molecule has 1 unspecified atom stereocenters. The van der Waals surface area contributed by atoms with Crippen LogP contribution in [-0.4, -0.2) is 26.0 Å². The monoisotopic (exact) mass is 325 g/mol. The molecule has 0 saturated carbocycles. The average Bonchev–Trinajstić information content (AvgIpc) is 2.82. The fraction of sp³-hybridized carbons (Fsp3) is 0.308. The number of nitrogen functional groups attached to an aromatic ring is 1. The lowest BCUT2D eigenvalue weighted by Crippen LogP contribution is -2.23. The molecule has 0 spiro atoms. The van der Waals surface area contributed by atoms with E-state index in [1.54, 1.807) is 31.2 Å². The predicted octanol–water partition coefficient (Wildman–Crippen LogP) is 2.33. The highest BCUT2D eigenvalue weighted by atomic mass is 35.5. The summed E-state index contributed by atoms with van der Waals surface area (Å²) in [4.78, 5) is 12.1. The maximum absolute atomic E-state index is 12.1. The Morgan fingerprint density at radius 2 is 2.10 bits per heavy atom. The smallest absolute Gasteiger partial charge is 0.237 e. The van der Waals surface area contributed by atoms with Gasteiger partial charge in [0.05, 0.1) is 5.25 Å². The summed E-state index contributed by atoms with van der Waals surface area (Å²) in [7, 11) is 0. The summed E-state index contributed by atoms with van der Waals surface area (Å²) >= 11 is 7.07. The van der Waals surface area contributed by atoms with Gasteiger partial charge in [-0.05, 0) is 31.2 Å². The zero-order valence-electron chi connectivity index (χ0n) is 11.7. The number of rotatable bonds is 5. The fourth-order valence-corrected chi connectivity index (χ4v) is 2.53. The van der Waals surface area contributed by atoms with Crippen molar-refractivity contribution in [3.05, 3.63) is 35.1 Å². The van der Waals surface area contributed by atoms with Crippen LogP contribution in [0, 0.1) is 0 Å². The molecule has 6 nitrogen and oxygen atoms in total. The molecule has 1 aromatic heterocycles. The van der Waals surface area contributed by atoms with Crippen molar-refractivity contribution in [1.82, 2.24) is 14.9 Å². The summed E-state index contributed by atoms with van der Waals surface area (Å²) in [6.07, 6.45) is 0.690. The van der Waals surface area contributed by atoms with Crippen LogP contribution in [-0.2, 0) is 11.2 Å². The van der Waals surface area contributed by atoms with Crippen LogP contribution in [0.4, 0.5) is 5.69 Å². The van der Waals surface area contributed by atoms with E-state index in [9.17, 15) is 4.79 Å². The fourth-order valence-electron chi connectivity index (χ4n) is 1.62. The lowest BCUT2D eigenvalue weighted by atomic mass is 10.3. The maximum Gasteiger partial charge on any atom is 0.237 e. The maximum atomic E-state index is 12.1. The van der Waals surface area contributed by atoms with Gasteiger partial charge >= 0.3 is 0 Å². The van der Waals surface area contributed by atoms with Crippen LogP contribution in [0.5, 0.6) is 0 Å². The van der Waals surface area contributed by atoms with E-state index in [0.29, 0.717) is 28.1 Å². The second-order valence-corrected chi connectivity index (χ2v) is 6.12. The lowest BCUT2D eigenvalue weighted by Gasteiger charge is -2.11. The van der Waals surface area contributed by atoms with Gasteiger partial charge in [0.1, 0.15) is 0 Å². The second kappa shape index (κ2) is 6.82. The van der Waals surface area contributed by atoms with Gasteiger partial charge in [0.25, 0.3) is 0 Å². The Bertz CT molecular complexity index is 628. The van der Waals surface area contributed by atoms with Gasteiger partial charge in [-0.2, -0.15) is 0 Å². The number of nitrogens with one attached hydrogen (secondary N) is 1. The third-order valence-electron chi connectivity index (χ3n) is 2.81. The van der Waals surface area contributed by atoms with Crippen molar-refractivity contribution in [2.45, 2.75) is 30.7 Å². The SMILES string of the molecule is CCc1nnc(SC(C)C(=O)Nc2ccc(Cl)cc2)n1N. The minimum absolute atomic E-state index is 0.136. The zero-order chi connectivity index (χ0) is 15.4. The van der Waals surface area contributed by atoms with Gasteiger partial charge < -0.3 is 11.2 Å². The van der Waals surface area contributed by atoms with Crippen molar-refractivity contribution in [2.75, 3.05) is 11.2 Å². The van der Waals surface area contributed by atoms with Crippen LogP contribution in [0.25, 0.3) is 0 Å². The minimum Gasteiger partial charge on any atom is -0.336 e. The average molecular weight is 326 g/mol. The van der Waals surface area contributed by atoms with Crippen LogP contribution in [0.15, 0.2) is 29.4 Å². The van der Waals surface area contributed by atoms with Crippen molar-refractivity contribution >= 4 is 35.0 Å². The van der Waals surface area contributed by atoms with Crippen LogP contribution in [0.1, 0.15) is 19.7 Å². The third-order valence-corrected chi connectivity index (χ3v) is 4.12. The predicted molar refractivity (Wildman–Crippen MR) is 85.0 cm³/mol. The highest BCUT2D eigenvalue weighted by molar-refractivity contribution is 8.00. The number of amides is 1. The first-order valence-electron chi connectivity index (χ1n) is 6.43. The molecule has 1 heterocycles. The Morgan fingerprint density at radius 1 is 1.43 bits per heavy atom. The Morgan fingerprint density at radius 3 is 2.67 bits per heavy atom. The van der Waals surface area contributed by atoms with E-state index in [2.05, 4.69) is 15.5 Å². The van der Waals surface area contributed by atoms with Gasteiger partial charge in [0.2, 0.25) is 11.1 Å². The minimum atomic E-state index is -0.350. The van der Waals surface area contributed by atoms with Crippen LogP contribution in [0.3, 0.4) is 0 Å². The molecule has 112 valence electrons. The highest BCUT2D eigenvalue weighted by Crippen LogP contribution is 2.22. The molecule has 1 aromatic carbocycles. The zero-order valence-corrected chi connectivity index (χ0v) is 13.3. The molecule has 0 aliphatic carbocycles. The molecule has 21 heavy (non-hydrogen) atoms. The van der Waals surface area contributed by atoms with E-state index < -0.39 is 0 Å². The van der Waals surface area contributed by atoms with E-state index in [1.165, 1.54) is 16.4 Å². The first kappa shape index (κ1) is 15.7. The number of thioether (sulfide) groups is 1. The molecule has 0 aliphatic heterocycles. The summed E-state index contributed by atoms with van der Waals surface area (Å²) in [5.41, 5.74) is 0.695. The lowest BCUT2D eigenvalue weighted by molar-refractivity contribution is -0.115. The van der Waals surface area contributed by atoms with Crippen molar-refractivity contribution in [3.63, 3.8) is 0 Å². The van der Waals surface area contributed by atoms with E-state index in [4.69, 9.17) is 17.4 Å². The first-order valence-corrected chi connectivity index (χ1v) is 7.69. The molecule has 3 N–H and O–H groups in total. The number of halogens is 1. The molecule has 2 rings (SSSR count). The third kappa shape index (κ3) is 3.89. The number of hydrogen-bond acceptors (Lipinski definition) is 5. The van der Waals surface area contributed by atoms with Crippen molar-refractivity contribution < 1.29 is 4.79 Å². The molecule has 8 heteroatoms. The van der Waals surface area contributed by atoms with Gasteiger partial charge in [0, 0.05) is 17.1 Å². The molecule has 0 aliphatic rings. The molecule has 2 aromatic rings. The summed E-state index contributed by atoms with van der Waals surface area (Å²) < 4.78 is 1.41. The highest BCUT2D eigenvalue weighted by Gasteiger charge is 2.19. The largest absolute Gasteiger partial charge is 0.336 e. The Labute approximate surface area is 132 Å². The van der Waals surface area contributed by atoms with Crippen molar-refractivity contribution in [3.8, 4) is 0 Å². The van der Waals surface area contributed by atoms with Crippen LogP contribution >= 0.6 is 23.4 Å². The molecule has 0 radical (unpaired) electrons. The molecular weight excluding hydrogens is 310 g/mol. The van der Waals surface area contributed by atoms with Crippen molar-refractivity contribution in [2.24, 2.45) is 0 Å². The molecule has 0 saturated heterocycles. The van der Waals surface area contributed by atoms with Gasteiger partial charge in [-0.25, -0.2) is 4.68 Å². The number of aryl methyl sites for hydroxylation is 1. The Hall–Kier alpha value is -1.73. The molecule has 1 atom stereocenters. The standard InChI is InChI=1S/C13H16ClN5OS/c1-3-11-17-18-13(19(11)15)21-8(2)12(20)16-10-6-4-9(14)5-7-10/h4-8H,3,15H2,1-2H3,(H,16,20). The topological polar surface area (TPSA) is 85.8 Å². The van der Waals surface area contributed by atoms with Gasteiger partial charge in [-0.15, -0.1) is 10.2 Å². The van der Waals surface area contributed by atoms with Crippen molar-refractivity contribution in [1.29, 1.82) is 0 Å². The van der Waals surface area contributed by atoms with Crippen LogP contribution < -0.4 is 11.2 Å². The summed E-state index contributed by atoms with van der Waals surface area (Å²) in [6, 6.07) is 6.94. The quantitative estimate of drug-likeness (QED) is 0.651. The van der Waals surface area contributed by atoms with E-state index in [1.807, 2.05) is 6.92 Å². The Balaban J connectivity index is 1.99. The number of benzene rings is 1. The normalized spacial score (nSPS) is 12.1. The number of hydrogen-bond donors (Lipinski definition) is 2. The van der Waals surface area contributed by atoms with E-state index >= 15 is 0 Å². The molecular formula is C13H16ClN5OS. The van der Waals surface area contributed by atoms with Gasteiger partial charge in [0.15, 0.2) is 5.82 Å². The van der Waals surface area contributed by atoms with E-state index in [0.717, 1.165) is 0 Å². The number of anilines is 1. The molecule has 1 amide bonds. The Kier molecular flexibility index (Phi) is 5.08. The summed E-state index contributed by atoms with van der Waals surface area (Å²) in [5.74, 6) is 6.40. The summed E-state index contributed by atoms with van der Waals surface area (Å²) in [5, 5.41) is 11.5. The number of nitrogens with two attached hydrogens (primary N) is 1. The molecule has 0 fully saturated rings. The van der Waals surface area contributed by atoms with Crippen LogP contribution in [0.2, 0.25) is 5.02 Å².